The highest BCUT2D eigenvalue weighted by atomic mass is 79.9. The largest absolute Gasteiger partial charge is 0.301 e. The summed E-state index contributed by atoms with van der Waals surface area (Å²) in [6.07, 6.45) is 4.17. The van der Waals surface area contributed by atoms with Crippen LogP contribution in [0.15, 0.2) is 22.7 Å². The molecule has 0 aromatic heterocycles. The fourth-order valence-electron chi connectivity index (χ4n) is 3.19. The summed E-state index contributed by atoms with van der Waals surface area (Å²) in [6.45, 7) is 2.36. The van der Waals surface area contributed by atoms with Crippen molar-refractivity contribution in [3.05, 3.63) is 33.8 Å². The van der Waals surface area contributed by atoms with Crippen LogP contribution in [0.4, 0.5) is 0 Å². The molecule has 15 heavy (non-hydrogen) atoms. The fourth-order valence-corrected chi connectivity index (χ4v) is 3.60. The Balaban J connectivity index is 2.10. The Hall–Kier alpha value is -0.340. The van der Waals surface area contributed by atoms with Crippen LogP contribution in [0, 0.1) is 0 Å². The molecule has 0 amide bonds. The molecule has 1 aliphatic carbocycles. The van der Waals surface area contributed by atoms with Crippen LogP contribution < -0.4 is 0 Å². The molecule has 1 nitrogen and oxygen atoms in total. The van der Waals surface area contributed by atoms with Gasteiger partial charge in [0.25, 0.3) is 0 Å². The first-order valence-electron chi connectivity index (χ1n) is 5.67. The summed E-state index contributed by atoms with van der Waals surface area (Å²) in [4.78, 5) is 2.47. The zero-order valence-electron chi connectivity index (χ0n) is 9.09. The molecule has 80 valence electrons. The van der Waals surface area contributed by atoms with E-state index in [0.29, 0.717) is 5.41 Å². The third-order valence-corrected chi connectivity index (χ3v) is 4.46. The van der Waals surface area contributed by atoms with Gasteiger partial charge >= 0.3 is 0 Å². The third kappa shape index (κ3) is 1.46. The maximum atomic E-state index is 3.57. The third-order valence-electron chi connectivity index (χ3n) is 3.96. The van der Waals surface area contributed by atoms with E-state index < -0.39 is 0 Å². The second-order valence-corrected chi connectivity index (χ2v) is 6.02. The van der Waals surface area contributed by atoms with Crippen molar-refractivity contribution in [2.24, 2.45) is 0 Å². The van der Waals surface area contributed by atoms with Crippen LogP contribution in [-0.2, 0) is 12.0 Å². The van der Waals surface area contributed by atoms with E-state index in [1.165, 1.54) is 35.8 Å². The number of benzene rings is 1. The van der Waals surface area contributed by atoms with Crippen LogP contribution in [0.25, 0.3) is 0 Å². The predicted octanol–water partition coefficient (Wildman–Crippen LogP) is 3.32. The fraction of sp³-hybridized carbons (Fsp3) is 0.538. The smallest absolute Gasteiger partial charge is 0.0234 e. The Morgan fingerprint density at radius 3 is 2.80 bits per heavy atom. The van der Waals surface area contributed by atoms with Gasteiger partial charge in [-0.2, -0.15) is 0 Å². The Bertz CT molecular complexity index is 396. The molecular weight excluding hydrogens is 250 g/mol. The second-order valence-electron chi connectivity index (χ2n) is 5.11. The van der Waals surface area contributed by atoms with Gasteiger partial charge < -0.3 is 4.90 Å². The Morgan fingerprint density at radius 1 is 1.33 bits per heavy atom. The van der Waals surface area contributed by atoms with Crippen LogP contribution in [-0.4, -0.2) is 18.5 Å². The molecule has 0 saturated heterocycles. The summed E-state index contributed by atoms with van der Waals surface area (Å²) < 4.78 is 1.21. The van der Waals surface area contributed by atoms with E-state index in [-0.39, 0.29) is 0 Å². The summed E-state index contributed by atoms with van der Waals surface area (Å²) in [5.41, 5.74) is 3.65. The van der Waals surface area contributed by atoms with Gasteiger partial charge in [-0.3, -0.25) is 0 Å². The van der Waals surface area contributed by atoms with Gasteiger partial charge in [-0.05, 0) is 43.1 Å². The van der Waals surface area contributed by atoms with Crippen molar-refractivity contribution in [1.29, 1.82) is 0 Å². The molecule has 2 aliphatic rings. The minimum Gasteiger partial charge on any atom is -0.301 e. The maximum Gasteiger partial charge on any atom is 0.0234 e. The lowest BCUT2D eigenvalue weighted by Crippen LogP contribution is -2.48. The average Bonchev–Trinajstić information content (AvgIpc) is 2.13. The van der Waals surface area contributed by atoms with Crippen molar-refractivity contribution >= 4 is 15.9 Å². The quantitative estimate of drug-likeness (QED) is 0.696. The van der Waals surface area contributed by atoms with Gasteiger partial charge in [0.2, 0.25) is 0 Å². The number of likely N-dealkylation sites (N-methyl/N-ethyl adjacent to an activating group) is 1. The zero-order chi connectivity index (χ0) is 10.5. The average molecular weight is 266 g/mol. The van der Waals surface area contributed by atoms with E-state index >= 15 is 0 Å². The van der Waals surface area contributed by atoms with Crippen molar-refractivity contribution in [3.8, 4) is 0 Å². The molecule has 1 aromatic rings. The van der Waals surface area contributed by atoms with Crippen LogP contribution in [0.3, 0.4) is 0 Å². The van der Waals surface area contributed by atoms with Gasteiger partial charge in [-0.15, -0.1) is 0 Å². The molecule has 3 rings (SSSR count). The molecule has 0 atom stereocenters. The van der Waals surface area contributed by atoms with Gasteiger partial charge in [0.15, 0.2) is 0 Å². The Labute approximate surface area is 99.6 Å². The lowest BCUT2D eigenvalue weighted by molar-refractivity contribution is 0.135. The lowest BCUT2D eigenvalue weighted by atomic mass is 9.62. The first-order chi connectivity index (χ1) is 7.20. The molecular formula is C13H16BrN. The number of fused-ring (bicyclic) bond motifs is 2. The lowest BCUT2D eigenvalue weighted by Gasteiger charge is -2.49. The highest BCUT2D eigenvalue weighted by Crippen LogP contribution is 2.48. The van der Waals surface area contributed by atoms with Gasteiger partial charge in [-0.25, -0.2) is 0 Å². The summed E-state index contributed by atoms with van der Waals surface area (Å²) in [7, 11) is 2.24. The van der Waals surface area contributed by atoms with Crippen LogP contribution in [0.5, 0.6) is 0 Å². The molecule has 0 unspecified atom stereocenters. The molecule has 1 spiro atoms. The molecule has 1 saturated carbocycles. The zero-order valence-corrected chi connectivity index (χ0v) is 10.7. The van der Waals surface area contributed by atoms with Crippen LogP contribution >= 0.6 is 15.9 Å². The van der Waals surface area contributed by atoms with Crippen molar-refractivity contribution in [1.82, 2.24) is 4.90 Å². The van der Waals surface area contributed by atoms with Crippen molar-refractivity contribution in [2.45, 2.75) is 31.2 Å². The van der Waals surface area contributed by atoms with E-state index in [2.05, 4.69) is 46.1 Å². The first-order valence-corrected chi connectivity index (χ1v) is 6.46. The molecule has 1 aliphatic heterocycles. The highest BCUT2D eigenvalue weighted by Gasteiger charge is 2.43. The van der Waals surface area contributed by atoms with E-state index in [1.807, 2.05) is 0 Å². The van der Waals surface area contributed by atoms with Crippen LogP contribution in [0.2, 0.25) is 0 Å². The van der Waals surface area contributed by atoms with Gasteiger partial charge in [0.1, 0.15) is 0 Å². The van der Waals surface area contributed by atoms with E-state index in [4.69, 9.17) is 0 Å². The molecule has 1 aromatic carbocycles. The molecule has 1 heterocycles. The molecule has 0 N–H and O–H groups in total. The van der Waals surface area contributed by atoms with Gasteiger partial charge in [0, 0.05) is 23.0 Å². The monoisotopic (exact) mass is 265 g/mol. The summed E-state index contributed by atoms with van der Waals surface area (Å²) in [5, 5.41) is 0. The molecule has 1 fully saturated rings. The van der Waals surface area contributed by atoms with Crippen LogP contribution in [0.1, 0.15) is 30.4 Å². The van der Waals surface area contributed by atoms with Crippen molar-refractivity contribution in [2.75, 3.05) is 13.6 Å². The minimum atomic E-state index is 0.503. The topological polar surface area (TPSA) is 3.24 Å². The second kappa shape index (κ2) is 3.33. The normalized spacial score (nSPS) is 23.6. The maximum absolute atomic E-state index is 3.57. The Morgan fingerprint density at radius 2 is 2.13 bits per heavy atom. The van der Waals surface area contributed by atoms with E-state index in [9.17, 15) is 0 Å². The molecule has 0 bridgehead atoms. The van der Waals surface area contributed by atoms with Gasteiger partial charge in [-0.1, -0.05) is 28.4 Å². The van der Waals surface area contributed by atoms with Crippen molar-refractivity contribution < 1.29 is 0 Å². The summed E-state index contributed by atoms with van der Waals surface area (Å²) in [6, 6.07) is 6.83. The molecule has 0 radical (unpaired) electrons. The first kappa shape index (κ1) is 9.86. The number of hydrogen-bond donors (Lipinski definition) is 0. The minimum absolute atomic E-state index is 0.503. The molecule has 2 heteroatoms. The number of rotatable bonds is 0. The Kier molecular flexibility index (Phi) is 2.18. The highest BCUT2D eigenvalue weighted by molar-refractivity contribution is 9.10. The number of nitrogens with zero attached hydrogens (tertiary/aromatic N) is 1. The summed E-state index contributed by atoms with van der Waals surface area (Å²) in [5.74, 6) is 0. The van der Waals surface area contributed by atoms with Crippen molar-refractivity contribution in [3.63, 3.8) is 0 Å². The van der Waals surface area contributed by atoms with E-state index in [1.54, 1.807) is 5.56 Å². The predicted molar refractivity (Wildman–Crippen MR) is 66.0 cm³/mol. The standard InChI is InChI=1S/C13H16BrN/c1-15-8-10-7-11(14)3-4-12(10)13(9-15)5-2-6-13/h3-4,7H,2,5-6,8-9H2,1H3. The SMILES string of the molecule is CN1Cc2cc(Br)ccc2C2(CCC2)C1. The number of hydrogen-bond acceptors (Lipinski definition) is 1. The number of halogens is 1. The van der Waals surface area contributed by atoms with Gasteiger partial charge in [0.05, 0.1) is 0 Å². The summed E-state index contributed by atoms with van der Waals surface area (Å²) >= 11 is 3.57. The van der Waals surface area contributed by atoms with E-state index in [0.717, 1.165) is 6.54 Å².